The van der Waals surface area contributed by atoms with Crippen molar-refractivity contribution in [2.75, 3.05) is 40.0 Å². The predicted molar refractivity (Wildman–Crippen MR) is 125 cm³/mol. The molecule has 7 nitrogen and oxygen atoms in total. The molecule has 0 saturated carbocycles. The number of fused-ring (bicyclic) bond motifs is 5. The van der Waals surface area contributed by atoms with E-state index in [4.69, 9.17) is 24.0 Å². The molecule has 1 saturated heterocycles. The highest BCUT2D eigenvalue weighted by molar-refractivity contribution is 6.02. The van der Waals surface area contributed by atoms with E-state index in [2.05, 4.69) is 35.0 Å². The molecular formula is C26H31N3O4. The molecule has 0 N–H and O–H groups in total. The quantitative estimate of drug-likeness (QED) is 0.697. The van der Waals surface area contributed by atoms with E-state index in [-0.39, 0.29) is 6.04 Å². The van der Waals surface area contributed by atoms with Gasteiger partial charge in [0.15, 0.2) is 23.0 Å². The number of rotatable bonds is 4. The van der Waals surface area contributed by atoms with Crippen LogP contribution in [0.1, 0.15) is 49.8 Å². The minimum absolute atomic E-state index is 0.129. The second-order valence-corrected chi connectivity index (χ2v) is 9.24. The summed E-state index contributed by atoms with van der Waals surface area (Å²) in [6.45, 7) is 6.56. The SMILES string of the molecule is CCCN1CCC2(CC1)Oc1c(OC)cccc1[C@H]1CC(c3ccc4c(c3)OCCO4)=NN12. The van der Waals surface area contributed by atoms with E-state index >= 15 is 0 Å². The maximum atomic E-state index is 6.82. The Hall–Kier alpha value is -2.93. The lowest BCUT2D eigenvalue weighted by Crippen LogP contribution is -2.59. The van der Waals surface area contributed by atoms with Gasteiger partial charge in [-0.25, -0.2) is 5.01 Å². The third-order valence-electron chi connectivity index (χ3n) is 7.26. The van der Waals surface area contributed by atoms with Crippen LogP contribution in [0.15, 0.2) is 41.5 Å². The van der Waals surface area contributed by atoms with Crippen molar-refractivity contribution < 1.29 is 18.9 Å². The average molecular weight is 450 g/mol. The van der Waals surface area contributed by atoms with Crippen molar-refractivity contribution in [3.8, 4) is 23.0 Å². The Labute approximate surface area is 194 Å². The zero-order valence-electron chi connectivity index (χ0n) is 19.4. The molecule has 33 heavy (non-hydrogen) atoms. The molecule has 1 fully saturated rings. The topological polar surface area (TPSA) is 55.8 Å². The van der Waals surface area contributed by atoms with E-state index in [0.717, 1.165) is 78.7 Å². The Bertz CT molecular complexity index is 1080. The van der Waals surface area contributed by atoms with Crippen LogP contribution in [0.25, 0.3) is 0 Å². The molecule has 4 aliphatic rings. The Morgan fingerprint density at radius 2 is 1.91 bits per heavy atom. The van der Waals surface area contributed by atoms with Crippen LogP contribution in [0, 0.1) is 0 Å². The fourth-order valence-corrected chi connectivity index (χ4v) is 5.60. The second-order valence-electron chi connectivity index (χ2n) is 9.24. The van der Waals surface area contributed by atoms with Crippen LogP contribution in [0.4, 0.5) is 0 Å². The van der Waals surface area contributed by atoms with Gasteiger partial charge in [-0.3, -0.25) is 0 Å². The molecule has 4 heterocycles. The molecule has 0 radical (unpaired) electrons. The molecule has 0 bridgehead atoms. The lowest BCUT2D eigenvalue weighted by molar-refractivity contribution is -0.150. The van der Waals surface area contributed by atoms with Gasteiger partial charge in [0.05, 0.1) is 18.9 Å². The Balaban J connectivity index is 1.38. The zero-order valence-corrected chi connectivity index (χ0v) is 19.4. The summed E-state index contributed by atoms with van der Waals surface area (Å²) in [5.74, 6) is 3.28. The number of hydrogen-bond acceptors (Lipinski definition) is 7. The third-order valence-corrected chi connectivity index (χ3v) is 7.26. The Morgan fingerprint density at radius 3 is 2.70 bits per heavy atom. The van der Waals surface area contributed by atoms with E-state index in [1.807, 2.05) is 18.2 Å². The number of hydrogen-bond donors (Lipinski definition) is 0. The van der Waals surface area contributed by atoms with Gasteiger partial charge in [0.2, 0.25) is 5.72 Å². The highest BCUT2D eigenvalue weighted by Crippen LogP contribution is 2.53. The van der Waals surface area contributed by atoms with Crippen molar-refractivity contribution in [2.24, 2.45) is 5.10 Å². The number of piperidine rings is 1. The summed E-state index contributed by atoms with van der Waals surface area (Å²) in [5, 5.41) is 7.46. The highest BCUT2D eigenvalue weighted by atomic mass is 16.6. The Kier molecular flexibility index (Phi) is 5.09. The first-order valence-corrected chi connectivity index (χ1v) is 12.1. The van der Waals surface area contributed by atoms with Crippen molar-refractivity contribution in [1.29, 1.82) is 0 Å². The van der Waals surface area contributed by atoms with Crippen molar-refractivity contribution >= 4 is 5.71 Å². The van der Waals surface area contributed by atoms with Gasteiger partial charge in [-0.15, -0.1) is 0 Å². The van der Waals surface area contributed by atoms with Crippen LogP contribution >= 0.6 is 0 Å². The van der Waals surface area contributed by atoms with Crippen molar-refractivity contribution in [3.63, 3.8) is 0 Å². The molecular weight excluding hydrogens is 418 g/mol. The first-order chi connectivity index (χ1) is 16.2. The zero-order chi connectivity index (χ0) is 22.4. The lowest BCUT2D eigenvalue weighted by Gasteiger charge is -2.51. The standard InChI is InChI=1S/C26H31N3O4/c1-3-11-28-12-9-26(10-13-28)29-21(19-5-4-6-23(30-2)25(19)33-26)17-20(27-29)18-7-8-22-24(16-18)32-15-14-31-22/h4-8,16,21H,3,9-15,17H2,1-2H3/t21-/m1/s1. The molecule has 4 aliphatic heterocycles. The van der Waals surface area contributed by atoms with Crippen LogP contribution in [0.2, 0.25) is 0 Å². The molecule has 2 aromatic carbocycles. The first-order valence-electron chi connectivity index (χ1n) is 12.1. The summed E-state index contributed by atoms with van der Waals surface area (Å²) >= 11 is 0. The molecule has 1 spiro atoms. The highest BCUT2D eigenvalue weighted by Gasteiger charge is 2.52. The molecule has 0 aromatic heterocycles. The molecule has 6 rings (SSSR count). The van der Waals surface area contributed by atoms with Gasteiger partial charge >= 0.3 is 0 Å². The second kappa shape index (κ2) is 8.13. The molecule has 0 amide bonds. The molecule has 174 valence electrons. The third kappa shape index (κ3) is 3.41. The minimum atomic E-state index is -0.452. The first kappa shape index (κ1) is 20.7. The van der Waals surface area contributed by atoms with Gasteiger partial charge in [-0.05, 0) is 37.2 Å². The van der Waals surface area contributed by atoms with Crippen molar-refractivity contribution in [3.05, 3.63) is 47.5 Å². The fraction of sp³-hybridized carbons (Fsp3) is 0.500. The maximum absolute atomic E-state index is 6.82. The van der Waals surface area contributed by atoms with Gasteiger partial charge in [-0.2, -0.15) is 5.10 Å². The number of para-hydroxylation sites is 1. The van der Waals surface area contributed by atoms with E-state index in [1.165, 1.54) is 6.42 Å². The summed E-state index contributed by atoms with van der Waals surface area (Å²) in [7, 11) is 1.72. The molecule has 1 atom stereocenters. The number of hydrazone groups is 1. The van der Waals surface area contributed by atoms with Gasteiger partial charge in [0, 0.05) is 43.5 Å². The maximum Gasteiger partial charge on any atom is 0.200 e. The van der Waals surface area contributed by atoms with Crippen LogP contribution in [-0.4, -0.2) is 61.3 Å². The van der Waals surface area contributed by atoms with E-state index in [9.17, 15) is 0 Å². The smallest absolute Gasteiger partial charge is 0.200 e. The number of ether oxygens (including phenoxy) is 4. The number of likely N-dealkylation sites (tertiary alicyclic amines) is 1. The Morgan fingerprint density at radius 1 is 1.09 bits per heavy atom. The molecule has 7 heteroatoms. The summed E-state index contributed by atoms with van der Waals surface area (Å²) in [5.41, 5.74) is 2.84. The van der Waals surface area contributed by atoms with Crippen LogP contribution in [0.5, 0.6) is 23.0 Å². The number of nitrogens with zero attached hydrogens (tertiary/aromatic N) is 3. The molecule has 0 unspecified atom stereocenters. The average Bonchev–Trinajstić information content (AvgIpc) is 3.32. The summed E-state index contributed by atoms with van der Waals surface area (Å²) < 4.78 is 24.1. The van der Waals surface area contributed by atoms with Gasteiger partial charge in [0.25, 0.3) is 0 Å². The van der Waals surface area contributed by atoms with Crippen molar-refractivity contribution in [2.45, 2.75) is 44.4 Å². The summed E-state index contributed by atoms with van der Waals surface area (Å²) in [6, 6.07) is 12.5. The molecule has 2 aromatic rings. The van der Waals surface area contributed by atoms with Gasteiger partial charge in [0.1, 0.15) is 13.2 Å². The normalized spacial score (nSPS) is 22.9. The monoisotopic (exact) mass is 449 g/mol. The lowest BCUT2D eigenvalue weighted by atomic mass is 9.90. The van der Waals surface area contributed by atoms with E-state index in [1.54, 1.807) is 7.11 Å². The summed E-state index contributed by atoms with van der Waals surface area (Å²) in [6.07, 6.45) is 3.82. The summed E-state index contributed by atoms with van der Waals surface area (Å²) in [4.78, 5) is 2.53. The van der Waals surface area contributed by atoms with Gasteiger partial charge in [-0.1, -0.05) is 19.1 Å². The number of benzene rings is 2. The van der Waals surface area contributed by atoms with Crippen LogP contribution in [0.3, 0.4) is 0 Å². The van der Waals surface area contributed by atoms with Gasteiger partial charge < -0.3 is 23.8 Å². The van der Waals surface area contributed by atoms with Crippen LogP contribution < -0.4 is 18.9 Å². The van der Waals surface area contributed by atoms with Crippen molar-refractivity contribution in [1.82, 2.24) is 9.91 Å². The minimum Gasteiger partial charge on any atom is -0.493 e. The van der Waals surface area contributed by atoms with E-state index in [0.29, 0.717) is 13.2 Å². The largest absolute Gasteiger partial charge is 0.493 e. The van der Waals surface area contributed by atoms with Crippen LogP contribution in [-0.2, 0) is 0 Å². The van der Waals surface area contributed by atoms with E-state index < -0.39 is 5.72 Å². The number of methoxy groups -OCH3 is 1. The fourth-order valence-electron chi connectivity index (χ4n) is 5.60. The molecule has 0 aliphatic carbocycles. The predicted octanol–water partition coefficient (Wildman–Crippen LogP) is 4.21.